The number of carbonyl (C=O) groups excluding carboxylic acids is 1. The summed E-state index contributed by atoms with van der Waals surface area (Å²) in [5.74, 6) is 5.08. The quantitative estimate of drug-likeness (QED) is 0.348. The van der Waals surface area contributed by atoms with Crippen molar-refractivity contribution in [2.75, 3.05) is 5.32 Å². The molecule has 4 aromatic rings. The minimum Gasteiger partial charge on any atom is -0.481 e. The van der Waals surface area contributed by atoms with Crippen LogP contribution >= 0.6 is 34.2 Å². The van der Waals surface area contributed by atoms with E-state index in [2.05, 4.69) is 31.5 Å². The summed E-state index contributed by atoms with van der Waals surface area (Å²) in [4.78, 5) is 34.3. The number of rotatable bonds is 5. The Morgan fingerprint density at radius 2 is 1.94 bits per heavy atom. The van der Waals surface area contributed by atoms with Crippen LogP contribution in [0.1, 0.15) is 52.7 Å². The van der Waals surface area contributed by atoms with Crippen LogP contribution in [-0.4, -0.2) is 31.5 Å². The van der Waals surface area contributed by atoms with Gasteiger partial charge in [-0.25, -0.2) is 14.8 Å². The van der Waals surface area contributed by atoms with Gasteiger partial charge in [-0.05, 0) is 61.2 Å². The number of nitrogens with zero attached hydrogens (tertiary/aromatic N) is 3. The third kappa shape index (κ3) is 4.27. The molecule has 1 unspecified atom stereocenters. The van der Waals surface area contributed by atoms with Crippen molar-refractivity contribution in [1.29, 1.82) is 0 Å². The maximum absolute atomic E-state index is 12.4. The van der Waals surface area contributed by atoms with E-state index in [1.165, 1.54) is 34.2 Å². The number of ether oxygens (including phenoxy) is 1. The van der Waals surface area contributed by atoms with Gasteiger partial charge in [0.15, 0.2) is 20.4 Å². The number of nitrogens with one attached hydrogen (secondary N) is 1. The largest absolute Gasteiger partial charge is 0.481 e. The molecule has 0 saturated heterocycles. The molecule has 0 aliphatic heterocycles. The van der Waals surface area contributed by atoms with Crippen LogP contribution in [-0.2, 0) is 14.9 Å². The zero-order valence-electron chi connectivity index (χ0n) is 18.1. The van der Waals surface area contributed by atoms with Crippen LogP contribution < -0.4 is 5.32 Å². The normalized spacial score (nSPS) is 14.8. The van der Waals surface area contributed by atoms with Crippen molar-refractivity contribution in [3.05, 3.63) is 56.5 Å². The van der Waals surface area contributed by atoms with E-state index in [9.17, 15) is 14.7 Å². The van der Waals surface area contributed by atoms with E-state index in [1.54, 1.807) is 5.38 Å². The van der Waals surface area contributed by atoms with Crippen LogP contribution in [0.4, 0.5) is 10.5 Å². The van der Waals surface area contributed by atoms with Gasteiger partial charge >= 0.3 is 12.1 Å². The van der Waals surface area contributed by atoms with Gasteiger partial charge in [0, 0.05) is 5.38 Å². The van der Waals surface area contributed by atoms with Crippen molar-refractivity contribution in [1.82, 2.24) is 14.3 Å². The van der Waals surface area contributed by atoms with Crippen molar-refractivity contribution >= 4 is 61.6 Å². The van der Waals surface area contributed by atoms with Gasteiger partial charge in [0.2, 0.25) is 0 Å². The molecule has 3 aromatic heterocycles. The molecule has 8 nitrogen and oxygen atoms in total. The molecule has 1 fully saturated rings. The van der Waals surface area contributed by atoms with Crippen LogP contribution in [0.3, 0.4) is 0 Å². The molecule has 1 aliphatic rings. The standard InChI is InChI=1S/C23H18N4O4S3/c1-12-5-3-4-6-14(12)13(2)31-22(30)24-16-11-32-27-15(16)7-8-17-25-18-19(33-17)26-20(34-18)23(9-10-23)21(28)29/h3-6,11,13H,9-10H2,1-2H3,(H,24,30)(H,28,29). The number of hydrogen-bond acceptors (Lipinski definition) is 9. The summed E-state index contributed by atoms with van der Waals surface area (Å²) in [6.45, 7) is 3.79. The molecule has 1 aliphatic carbocycles. The first-order valence-electron chi connectivity index (χ1n) is 10.4. The van der Waals surface area contributed by atoms with Crippen LogP contribution in [0, 0.1) is 18.8 Å². The fraction of sp³-hybridized carbons (Fsp3) is 0.261. The van der Waals surface area contributed by atoms with E-state index in [1.807, 2.05) is 38.1 Å². The molecule has 5 rings (SSSR count). The second-order valence-corrected chi connectivity index (χ2v) is 10.5. The molecule has 172 valence electrons. The summed E-state index contributed by atoms with van der Waals surface area (Å²) in [5.41, 5.74) is 2.05. The fourth-order valence-electron chi connectivity index (χ4n) is 3.48. The van der Waals surface area contributed by atoms with Gasteiger partial charge < -0.3 is 9.84 Å². The molecule has 1 saturated carbocycles. The van der Waals surface area contributed by atoms with E-state index in [4.69, 9.17) is 4.74 Å². The summed E-state index contributed by atoms with van der Waals surface area (Å²) in [6.07, 6.45) is 0.236. The van der Waals surface area contributed by atoms with E-state index < -0.39 is 23.6 Å². The highest BCUT2D eigenvalue weighted by Gasteiger charge is 2.54. The predicted molar refractivity (Wildman–Crippen MR) is 132 cm³/mol. The van der Waals surface area contributed by atoms with Crippen molar-refractivity contribution in [3.8, 4) is 11.8 Å². The minimum atomic E-state index is -0.830. The number of hydrogen-bond donors (Lipinski definition) is 2. The SMILES string of the molecule is Cc1ccccc1C(C)OC(=O)Nc1csnc1C#Cc1nc2sc(C3(C(=O)O)CC3)nc2s1. The van der Waals surface area contributed by atoms with Crippen molar-refractivity contribution in [2.45, 2.75) is 38.2 Å². The predicted octanol–water partition coefficient (Wildman–Crippen LogP) is 5.34. The van der Waals surface area contributed by atoms with Crippen molar-refractivity contribution < 1.29 is 19.4 Å². The van der Waals surface area contributed by atoms with E-state index >= 15 is 0 Å². The van der Waals surface area contributed by atoms with Gasteiger partial charge in [-0.2, -0.15) is 4.37 Å². The molecule has 2 N–H and O–H groups in total. The molecule has 1 atom stereocenters. The number of carbonyl (C=O) groups is 2. The Bertz CT molecular complexity index is 1440. The number of anilines is 1. The number of benzene rings is 1. The third-order valence-electron chi connectivity index (χ3n) is 5.55. The monoisotopic (exact) mass is 510 g/mol. The second-order valence-electron chi connectivity index (χ2n) is 7.89. The van der Waals surface area contributed by atoms with E-state index in [0.717, 1.165) is 11.1 Å². The number of aryl methyl sites for hydroxylation is 1. The van der Waals surface area contributed by atoms with Crippen molar-refractivity contribution in [3.63, 3.8) is 0 Å². The first-order chi connectivity index (χ1) is 16.4. The number of carboxylic acid groups (broad SMARTS) is 1. The summed E-state index contributed by atoms with van der Waals surface area (Å²) in [7, 11) is 0. The maximum Gasteiger partial charge on any atom is 0.412 e. The highest BCUT2D eigenvalue weighted by atomic mass is 32.1. The Kier molecular flexibility index (Phi) is 5.81. The second kappa shape index (κ2) is 8.79. The Morgan fingerprint density at radius 3 is 2.65 bits per heavy atom. The van der Waals surface area contributed by atoms with E-state index in [0.29, 0.717) is 43.9 Å². The van der Waals surface area contributed by atoms with Crippen LogP contribution in [0.25, 0.3) is 9.66 Å². The molecule has 1 amide bonds. The lowest BCUT2D eigenvalue weighted by Crippen LogP contribution is -2.18. The summed E-state index contributed by atoms with van der Waals surface area (Å²) < 4.78 is 9.77. The van der Waals surface area contributed by atoms with Crippen molar-refractivity contribution in [2.24, 2.45) is 0 Å². The number of aliphatic carboxylic acids is 1. The van der Waals surface area contributed by atoms with Gasteiger partial charge in [0.05, 0.1) is 5.69 Å². The average Bonchev–Trinajstić information content (AvgIpc) is 3.12. The van der Waals surface area contributed by atoms with Crippen LogP contribution in [0.5, 0.6) is 0 Å². The zero-order chi connectivity index (χ0) is 23.9. The Morgan fingerprint density at radius 1 is 1.18 bits per heavy atom. The number of thiazole rings is 2. The molecule has 3 heterocycles. The summed E-state index contributed by atoms with van der Waals surface area (Å²) >= 11 is 3.79. The van der Waals surface area contributed by atoms with Crippen LogP contribution in [0.15, 0.2) is 29.6 Å². The summed E-state index contributed by atoms with van der Waals surface area (Å²) in [6, 6.07) is 7.75. The summed E-state index contributed by atoms with van der Waals surface area (Å²) in [5, 5.41) is 15.0. The number of aromatic nitrogens is 3. The lowest BCUT2D eigenvalue weighted by Gasteiger charge is -2.15. The lowest BCUT2D eigenvalue weighted by atomic mass is 10.1. The molecule has 0 spiro atoms. The van der Waals surface area contributed by atoms with Gasteiger partial charge in [0.1, 0.15) is 16.5 Å². The van der Waals surface area contributed by atoms with E-state index in [-0.39, 0.29) is 0 Å². The molecular formula is C23H18N4O4S3. The molecule has 11 heteroatoms. The smallest absolute Gasteiger partial charge is 0.412 e. The zero-order valence-corrected chi connectivity index (χ0v) is 20.6. The first kappa shape index (κ1) is 22.5. The maximum atomic E-state index is 12.4. The highest BCUT2D eigenvalue weighted by Crippen LogP contribution is 2.50. The molecule has 1 aromatic carbocycles. The molecule has 34 heavy (non-hydrogen) atoms. The number of carboxylic acids is 1. The fourth-order valence-corrected chi connectivity index (χ4v) is 6.19. The topological polar surface area (TPSA) is 114 Å². The average molecular weight is 511 g/mol. The van der Waals surface area contributed by atoms with Gasteiger partial charge in [-0.1, -0.05) is 46.9 Å². The number of amides is 1. The number of fused-ring (bicyclic) bond motifs is 1. The van der Waals surface area contributed by atoms with Gasteiger partial charge in [-0.15, -0.1) is 0 Å². The van der Waals surface area contributed by atoms with Gasteiger partial charge in [-0.3, -0.25) is 10.1 Å². The van der Waals surface area contributed by atoms with Crippen LogP contribution in [0.2, 0.25) is 0 Å². The Hall–Kier alpha value is -3.33. The lowest BCUT2D eigenvalue weighted by molar-refractivity contribution is -0.140. The minimum absolute atomic E-state index is 0.404. The molecular weight excluding hydrogens is 492 g/mol. The third-order valence-corrected chi connectivity index (χ3v) is 8.33. The Labute approximate surface area is 206 Å². The molecule has 0 radical (unpaired) electrons. The highest BCUT2D eigenvalue weighted by molar-refractivity contribution is 7.26. The first-order valence-corrected chi connectivity index (χ1v) is 12.8. The van der Waals surface area contributed by atoms with Gasteiger partial charge in [0.25, 0.3) is 0 Å². The molecule has 0 bridgehead atoms. The Balaban J connectivity index is 1.27.